The average molecular weight is 547 g/mol. The SMILES string of the molecule is COc1ccc(Cn2cc([C@H](CC(=O)N3CCOCC3)c3cccc(Oc4ccccc4)c3)c3ccccc32)cc1. The van der Waals surface area contributed by atoms with Crippen LogP contribution in [0.15, 0.2) is 109 Å². The number of fused-ring (bicyclic) bond motifs is 1. The second-order valence-electron chi connectivity index (χ2n) is 10.3. The Morgan fingerprint density at radius 1 is 0.829 bits per heavy atom. The van der Waals surface area contributed by atoms with Gasteiger partial charge in [0.05, 0.1) is 20.3 Å². The van der Waals surface area contributed by atoms with Gasteiger partial charge in [0.1, 0.15) is 17.2 Å². The molecule has 0 spiro atoms. The van der Waals surface area contributed by atoms with Crippen molar-refractivity contribution in [2.45, 2.75) is 18.9 Å². The lowest BCUT2D eigenvalue weighted by Gasteiger charge is -2.29. The van der Waals surface area contributed by atoms with Crippen LogP contribution < -0.4 is 9.47 Å². The van der Waals surface area contributed by atoms with Crippen LogP contribution in [0.2, 0.25) is 0 Å². The molecule has 0 aliphatic carbocycles. The summed E-state index contributed by atoms with van der Waals surface area (Å²) in [5.41, 5.74) is 4.50. The highest BCUT2D eigenvalue weighted by Gasteiger charge is 2.26. The van der Waals surface area contributed by atoms with Crippen molar-refractivity contribution in [3.05, 3.63) is 126 Å². The van der Waals surface area contributed by atoms with E-state index in [1.165, 1.54) is 5.56 Å². The Morgan fingerprint density at radius 2 is 1.56 bits per heavy atom. The van der Waals surface area contributed by atoms with Gasteiger partial charge in [0.15, 0.2) is 0 Å². The molecule has 6 rings (SSSR count). The van der Waals surface area contributed by atoms with Crippen molar-refractivity contribution in [1.29, 1.82) is 0 Å². The van der Waals surface area contributed by atoms with Gasteiger partial charge in [-0.3, -0.25) is 4.79 Å². The number of benzene rings is 4. The molecule has 0 N–H and O–H groups in total. The number of nitrogens with zero attached hydrogens (tertiary/aromatic N) is 2. The fourth-order valence-electron chi connectivity index (χ4n) is 5.55. The summed E-state index contributed by atoms with van der Waals surface area (Å²) in [5, 5.41) is 1.15. The molecule has 0 saturated carbocycles. The van der Waals surface area contributed by atoms with Gasteiger partial charge in [-0.1, -0.05) is 60.7 Å². The minimum absolute atomic E-state index is 0.139. The lowest BCUT2D eigenvalue weighted by atomic mass is 9.87. The molecule has 4 aromatic carbocycles. The number of ether oxygens (including phenoxy) is 3. The van der Waals surface area contributed by atoms with E-state index in [0.29, 0.717) is 39.3 Å². The van der Waals surface area contributed by atoms with Crippen LogP contribution in [-0.4, -0.2) is 48.8 Å². The Morgan fingerprint density at radius 3 is 2.34 bits per heavy atom. The minimum atomic E-state index is -0.147. The van der Waals surface area contributed by atoms with E-state index in [-0.39, 0.29) is 11.8 Å². The molecule has 1 aliphatic rings. The Balaban J connectivity index is 1.39. The summed E-state index contributed by atoms with van der Waals surface area (Å²) in [6, 6.07) is 34.5. The second kappa shape index (κ2) is 12.3. The van der Waals surface area contributed by atoms with Crippen molar-refractivity contribution < 1.29 is 19.0 Å². The molecule has 2 heterocycles. The Kier molecular flexibility index (Phi) is 8.01. The number of carbonyl (C=O) groups excluding carboxylic acids is 1. The summed E-state index contributed by atoms with van der Waals surface area (Å²) in [4.78, 5) is 15.6. The predicted molar refractivity (Wildman–Crippen MR) is 161 cm³/mol. The molecule has 41 heavy (non-hydrogen) atoms. The van der Waals surface area contributed by atoms with Gasteiger partial charge in [0.2, 0.25) is 5.91 Å². The maximum atomic E-state index is 13.6. The molecule has 6 heteroatoms. The van der Waals surface area contributed by atoms with Gasteiger partial charge < -0.3 is 23.7 Å². The van der Waals surface area contributed by atoms with Crippen LogP contribution >= 0.6 is 0 Å². The number of aromatic nitrogens is 1. The van der Waals surface area contributed by atoms with Crippen molar-refractivity contribution in [3.8, 4) is 17.2 Å². The average Bonchev–Trinajstić information content (AvgIpc) is 3.39. The normalized spacial score (nSPS) is 14.1. The first-order chi connectivity index (χ1) is 20.2. The number of carbonyl (C=O) groups is 1. The minimum Gasteiger partial charge on any atom is -0.497 e. The monoisotopic (exact) mass is 546 g/mol. The quantitative estimate of drug-likeness (QED) is 0.202. The maximum Gasteiger partial charge on any atom is 0.223 e. The molecule has 5 aromatic rings. The Labute approximate surface area is 240 Å². The number of hydrogen-bond donors (Lipinski definition) is 0. The summed E-state index contributed by atoms with van der Waals surface area (Å²) >= 11 is 0. The molecule has 1 atom stereocenters. The van der Waals surface area contributed by atoms with Crippen LogP contribution in [0.5, 0.6) is 17.2 Å². The first-order valence-electron chi connectivity index (χ1n) is 14.1. The van der Waals surface area contributed by atoms with Gasteiger partial charge in [-0.2, -0.15) is 0 Å². The molecule has 0 bridgehead atoms. The molecule has 1 aromatic heterocycles. The summed E-state index contributed by atoms with van der Waals surface area (Å²) in [7, 11) is 1.68. The van der Waals surface area contributed by atoms with Crippen molar-refractivity contribution in [3.63, 3.8) is 0 Å². The number of morpholine rings is 1. The highest BCUT2D eigenvalue weighted by molar-refractivity contribution is 5.87. The van der Waals surface area contributed by atoms with Gasteiger partial charge in [-0.15, -0.1) is 0 Å². The number of rotatable bonds is 9. The highest BCUT2D eigenvalue weighted by Crippen LogP contribution is 2.37. The van der Waals surface area contributed by atoms with Crippen LogP contribution in [-0.2, 0) is 16.1 Å². The molecule has 208 valence electrons. The molecule has 1 amide bonds. The molecule has 1 aliphatic heterocycles. The van der Waals surface area contributed by atoms with Crippen LogP contribution in [0, 0.1) is 0 Å². The fourth-order valence-corrected chi connectivity index (χ4v) is 5.55. The van der Waals surface area contributed by atoms with E-state index in [4.69, 9.17) is 14.2 Å². The van der Waals surface area contributed by atoms with E-state index < -0.39 is 0 Å². The number of methoxy groups -OCH3 is 1. The van der Waals surface area contributed by atoms with E-state index in [1.807, 2.05) is 59.5 Å². The van der Waals surface area contributed by atoms with Gasteiger partial charge in [0, 0.05) is 49.1 Å². The molecule has 6 nitrogen and oxygen atoms in total. The van der Waals surface area contributed by atoms with Gasteiger partial charge in [0.25, 0.3) is 0 Å². The molecule has 0 unspecified atom stereocenters. The summed E-state index contributed by atoms with van der Waals surface area (Å²) in [5.74, 6) is 2.36. The van der Waals surface area contributed by atoms with Gasteiger partial charge >= 0.3 is 0 Å². The van der Waals surface area contributed by atoms with Crippen LogP contribution in [0.4, 0.5) is 0 Å². The zero-order chi connectivity index (χ0) is 28.0. The van der Waals surface area contributed by atoms with Crippen molar-refractivity contribution in [2.75, 3.05) is 33.4 Å². The van der Waals surface area contributed by atoms with Crippen LogP contribution in [0.25, 0.3) is 10.9 Å². The number of para-hydroxylation sites is 2. The lowest BCUT2D eigenvalue weighted by Crippen LogP contribution is -2.41. The lowest BCUT2D eigenvalue weighted by molar-refractivity contribution is -0.135. The first-order valence-corrected chi connectivity index (χ1v) is 14.1. The van der Waals surface area contributed by atoms with Gasteiger partial charge in [-0.25, -0.2) is 0 Å². The maximum absolute atomic E-state index is 13.6. The zero-order valence-corrected chi connectivity index (χ0v) is 23.2. The van der Waals surface area contributed by atoms with Crippen molar-refractivity contribution >= 4 is 16.8 Å². The Hall–Kier alpha value is -4.55. The summed E-state index contributed by atoms with van der Waals surface area (Å²) < 4.78 is 19.3. The van der Waals surface area contributed by atoms with Crippen molar-refractivity contribution in [1.82, 2.24) is 9.47 Å². The summed E-state index contributed by atoms with van der Waals surface area (Å²) in [6.45, 7) is 3.13. The highest BCUT2D eigenvalue weighted by atomic mass is 16.5. The topological polar surface area (TPSA) is 52.9 Å². The van der Waals surface area contributed by atoms with E-state index in [9.17, 15) is 4.79 Å². The van der Waals surface area contributed by atoms with E-state index in [0.717, 1.165) is 39.3 Å². The molecule has 0 radical (unpaired) electrons. The molecule has 1 fully saturated rings. The molecular formula is C35H34N2O4. The largest absolute Gasteiger partial charge is 0.497 e. The first kappa shape index (κ1) is 26.7. The third-order valence-electron chi connectivity index (χ3n) is 7.69. The molecular weight excluding hydrogens is 512 g/mol. The second-order valence-corrected chi connectivity index (χ2v) is 10.3. The standard InChI is InChI=1S/C35H34N2O4/c1-39-28-16-14-26(15-17-28)24-37-25-33(31-12-5-6-13-34(31)37)32(23-35(38)36-18-20-40-21-19-36)27-8-7-11-30(22-27)41-29-9-3-2-4-10-29/h2-17,22,25,32H,18-21,23-24H2,1H3/t32-/m1/s1. The Bertz CT molecular complexity index is 1600. The smallest absolute Gasteiger partial charge is 0.223 e. The van der Waals surface area contributed by atoms with Crippen molar-refractivity contribution in [2.24, 2.45) is 0 Å². The summed E-state index contributed by atoms with van der Waals surface area (Å²) in [6.07, 6.45) is 2.59. The third-order valence-corrected chi connectivity index (χ3v) is 7.69. The van der Waals surface area contributed by atoms with Gasteiger partial charge in [-0.05, 0) is 59.2 Å². The van der Waals surface area contributed by atoms with Crippen LogP contribution in [0.1, 0.15) is 29.0 Å². The number of amides is 1. The number of hydrogen-bond acceptors (Lipinski definition) is 4. The third kappa shape index (κ3) is 6.13. The zero-order valence-electron chi connectivity index (χ0n) is 23.2. The van der Waals surface area contributed by atoms with E-state index in [1.54, 1.807) is 7.11 Å². The predicted octanol–water partition coefficient (Wildman–Crippen LogP) is 6.87. The fraction of sp³-hybridized carbons (Fsp3) is 0.229. The molecule has 1 saturated heterocycles. The van der Waals surface area contributed by atoms with Crippen LogP contribution in [0.3, 0.4) is 0 Å². The van der Waals surface area contributed by atoms with E-state index >= 15 is 0 Å². The van der Waals surface area contributed by atoms with E-state index in [2.05, 4.69) is 59.3 Å².